The molecule has 2 aromatic rings. The van der Waals surface area contributed by atoms with Gasteiger partial charge in [-0.05, 0) is 50.3 Å². The van der Waals surface area contributed by atoms with Crippen molar-refractivity contribution in [2.45, 2.75) is 38.0 Å². The Balaban J connectivity index is 0.00000182. The van der Waals surface area contributed by atoms with Gasteiger partial charge in [0.25, 0.3) is 0 Å². The molecule has 4 rings (SSSR count). The largest absolute Gasteiger partial charge is 0.330 e. The highest BCUT2D eigenvalue weighted by atomic mass is 35.5. The average Bonchev–Trinajstić information content (AvgIpc) is 3.20. The molecule has 2 aliphatic rings. The second-order valence-electron chi connectivity index (χ2n) is 7.00. The number of anilines is 1. The SMILES string of the molecule is Cl.NC[C@H]1CCC[C@H]1C(=O)Nc1cc(C2CC2)nn1-c1ccccc1. The lowest BCUT2D eigenvalue weighted by atomic mass is 9.95. The molecular formula is C19H25ClN4O. The standard InChI is InChI=1S/C19H24N4O.ClH/c20-12-14-5-4-8-16(14)19(24)21-18-11-17(13-9-10-13)22-23(18)15-6-2-1-3-7-15;/h1-3,6-7,11,13-14,16H,4-5,8-10,12,20H2,(H,21,24);1H/t14-,16-;/m1./s1. The number of para-hydroxylation sites is 1. The highest BCUT2D eigenvalue weighted by Gasteiger charge is 2.33. The number of nitrogens with two attached hydrogens (primary N) is 1. The molecule has 0 radical (unpaired) electrons. The Bertz CT molecular complexity index is 726. The first-order chi connectivity index (χ1) is 11.8. The number of halogens is 1. The molecule has 5 nitrogen and oxygen atoms in total. The van der Waals surface area contributed by atoms with Crippen molar-refractivity contribution in [3.05, 3.63) is 42.1 Å². The molecule has 2 fully saturated rings. The smallest absolute Gasteiger partial charge is 0.228 e. The predicted molar refractivity (Wildman–Crippen MR) is 101 cm³/mol. The topological polar surface area (TPSA) is 72.9 Å². The van der Waals surface area contributed by atoms with E-state index >= 15 is 0 Å². The number of aromatic nitrogens is 2. The van der Waals surface area contributed by atoms with Gasteiger partial charge >= 0.3 is 0 Å². The van der Waals surface area contributed by atoms with Gasteiger partial charge < -0.3 is 11.1 Å². The molecule has 1 aromatic heterocycles. The zero-order chi connectivity index (χ0) is 16.5. The van der Waals surface area contributed by atoms with Gasteiger partial charge in [-0.15, -0.1) is 12.4 Å². The minimum atomic E-state index is 0. The van der Waals surface area contributed by atoms with Crippen LogP contribution in [0.3, 0.4) is 0 Å². The molecule has 0 aliphatic heterocycles. The summed E-state index contributed by atoms with van der Waals surface area (Å²) in [5.74, 6) is 1.74. The third kappa shape index (κ3) is 3.72. The second-order valence-corrected chi connectivity index (χ2v) is 7.00. The molecule has 0 bridgehead atoms. The van der Waals surface area contributed by atoms with Crippen LogP contribution < -0.4 is 11.1 Å². The first-order valence-corrected chi connectivity index (χ1v) is 8.92. The molecule has 1 heterocycles. The van der Waals surface area contributed by atoms with Gasteiger partial charge in [0.2, 0.25) is 5.91 Å². The molecular weight excluding hydrogens is 336 g/mol. The lowest BCUT2D eigenvalue weighted by molar-refractivity contribution is -0.120. The molecule has 134 valence electrons. The first-order valence-electron chi connectivity index (χ1n) is 8.92. The Hall–Kier alpha value is -1.85. The molecule has 2 aliphatic carbocycles. The number of carbonyl (C=O) groups excluding carboxylic acids is 1. The number of rotatable bonds is 5. The minimum Gasteiger partial charge on any atom is -0.330 e. The van der Waals surface area contributed by atoms with E-state index in [4.69, 9.17) is 10.8 Å². The summed E-state index contributed by atoms with van der Waals surface area (Å²) >= 11 is 0. The van der Waals surface area contributed by atoms with Crippen LogP contribution in [0, 0.1) is 11.8 Å². The average molecular weight is 361 g/mol. The Kier molecular flexibility index (Phi) is 5.45. The van der Waals surface area contributed by atoms with Crippen LogP contribution in [0.4, 0.5) is 5.82 Å². The van der Waals surface area contributed by atoms with Crippen molar-refractivity contribution in [2.24, 2.45) is 17.6 Å². The molecule has 1 amide bonds. The van der Waals surface area contributed by atoms with Crippen molar-refractivity contribution in [1.29, 1.82) is 0 Å². The lowest BCUT2D eigenvalue weighted by Gasteiger charge is -2.17. The molecule has 3 N–H and O–H groups in total. The molecule has 25 heavy (non-hydrogen) atoms. The minimum absolute atomic E-state index is 0. The van der Waals surface area contributed by atoms with E-state index in [9.17, 15) is 4.79 Å². The van der Waals surface area contributed by atoms with Gasteiger partial charge in [-0.1, -0.05) is 24.6 Å². The normalized spacial score (nSPS) is 22.4. The maximum absolute atomic E-state index is 12.8. The maximum atomic E-state index is 12.8. The predicted octanol–water partition coefficient (Wildman–Crippen LogP) is 3.49. The fourth-order valence-corrected chi connectivity index (χ4v) is 3.72. The summed E-state index contributed by atoms with van der Waals surface area (Å²) in [5.41, 5.74) is 7.88. The van der Waals surface area contributed by atoms with E-state index in [0.29, 0.717) is 18.4 Å². The lowest BCUT2D eigenvalue weighted by Crippen LogP contribution is -2.30. The fourth-order valence-electron chi connectivity index (χ4n) is 3.72. The van der Waals surface area contributed by atoms with Gasteiger partial charge in [-0.25, -0.2) is 4.68 Å². The fraction of sp³-hybridized carbons (Fsp3) is 0.474. The molecule has 2 atom stereocenters. The Morgan fingerprint density at radius 1 is 1.20 bits per heavy atom. The number of nitrogens with zero attached hydrogens (tertiary/aromatic N) is 2. The van der Waals surface area contributed by atoms with Crippen molar-refractivity contribution >= 4 is 24.1 Å². The molecule has 1 aromatic carbocycles. The van der Waals surface area contributed by atoms with Crippen molar-refractivity contribution in [3.63, 3.8) is 0 Å². The summed E-state index contributed by atoms with van der Waals surface area (Å²) in [6.07, 6.45) is 5.46. The van der Waals surface area contributed by atoms with E-state index in [1.54, 1.807) is 0 Å². The van der Waals surface area contributed by atoms with E-state index in [0.717, 1.165) is 36.5 Å². The molecule has 2 saturated carbocycles. The Morgan fingerprint density at radius 3 is 2.64 bits per heavy atom. The molecule has 0 spiro atoms. The van der Waals surface area contributed by atoms with Crippen LogP contribution in [0.25, 0.3) is 5.69 Å². The summed E-state index contributed by atoms with van der Waals surface area (Å²) in [6, 6.07) is 12.0. The third-order valence-electron chi connectivity index (χ3n) is 5.27. The number of hydrogen-bond acceptors (Lipinski definition) is 3. The number of carbonyl (C=O) groups is 1. The number of amides is 1. The Morgan fingerprint density at radius 2 is 1.96 bits per heavy atom. The number of benzene rings is 1. The van der Waals surface area contributed by atoms with Crippen LogP contribution in [0.15, 0.2) is 36.4 Å². The van der Waals surface area contributed by atoms with Crippen LogP contribution >= 0.6 is 12.4 Å². The Labute approximate surface area is 154 Å². The van der Waals surface area contributed by atoms with Crippen molar-refractivity contribution < 1.29 is 4.79 Å². The van der Waals surface area contributed by atoms with Crippen LogP contribution in [0.1, 0.15) is 43.7 Å². The van der Waals surface area contributed by atoms with E-state index in [1.807, 2.05) is 41.1 Å². The van der Waals surface area contributed by atoms with Crippen molar-refractivity contribution in [3.8, 4) is 5.69 Å². The van der Waals surface area contributed by atoms with Gasteiger partial charge in [0.15, 0.2) is 0 Å². The maximum Gasteiger partial charge on any atom is 0.228 e. The summed E-state index contributed by atoms with van der Waals surface area (Å²) < 4.78 is 1.86. The van der Waals surface area contributed by atoms with Crippen LogP contribution in [0.2, 0.25) is 0 Å². The quantitative estimate of drug-likeness (QED) is 0.857. The summed E-state index contributed by atoms with van der Waals surface area (Å²) in [4.78, 5) is 12.8. The van der Waals surface area contributed by atoms with Gasteiger partial charge in [-0.2, -0.15) is 5.10 Å². The molecule has 0 saturated heterocycles. The molecule has 0 unspecified atom stereocenters. The van der Waals surface area contributed by atoms with Crippen LogP contribution in [-0.4, -0.2) is 22.2 Å². The number of hydrogen-bond donors (Lipinski definition) is 2. The highest BCUT2D eigenvalue weighted by Crippen LogP contribution is 2.40. The van der Waals surface area contributed by atoms with E-state index in [2.05, 4.69) is 5.32 Å². The summed E-state index contributed by atoms with van der Waals surface area (Å²) in [5, 5.41) is 7.86. The van der Waals surface area contributed by atoms with Crippen LogP contribution in [0.5, 0.6) is 0 Å². The van der Waals surface area contributed by atoms with Crippen LogP contribution in [-0.2, 0) is 4.79 Å². The zero-order valence-electron chi connectivity index (χ0n) is 14.2. The molecule has 6 heteroatoms. The van der Waals surface area contributed by atoms with Gasteiger partial charge in [-0.3, -0.25) is 4.79 Å². The van der Waals surface area contributed by atoms with Crippen molar-refractivity contribution in [2.75, 3.05) is 11.9 Å². The summed E-state index contributed by atoms with van der Waals surface area (Å²) in [7, 11) is 0. The second kappa shape index (κ2) is 7.58. The van der Waals surface area contributed by atoms with E-state index in [-0.39, 0.29) is 24.2 Å². The van der Waals surface area contributed by atoms with Gasteiger partial charge in [0.05, 0.1) is 11.4 Å². The van der Waals surface area contributed by atoms with Gasteiger partial charge in [0.1, 0.15) is 5.82 Å². The van der Waals surface area contributed by atoms with Crippen molar-refractivity contribution in [1.82, 2.24) is 9.78 Å². The third-order valence-corrected chi connectivity index (χ3v) is 5.27. The van der Waals surface area contributed by atoms with E-state index < -0.39 is 0 Å². The zero-order valence-corrected chi connectivity index (χ0v) is 15.0. The first kappa shape index (κ1) is 18.0. The van der Waals surface area contributed by atoms with E-state index in [1.165, 1.54) is 12.8 Å². The number of nitrogens with one attached hydrogen (secondary N) is 1. The summed E-state index contributed by atoms with van der Waals surface area (Å²) in [6.45, 7) is 0.587. The highest BCUT2D eigenvalue weighted by molar-refractivity contribution is 5.92. The monoisotopic (exact) mass is 360 g/mol. The van der Waals surface area contributed by atoms with Gasteiger partial charge in [0, 0.05) is 17.9 Å².